The fraction of sp³-hybridized carbons (Fsp3) is 0.933. The molecule has 2 atom stereocenters. The molecule has 4 heteroatoms. The first-order chi connectivity index (χ1) is 9.26. The lowest BCUT2D eigenvalue weighted by Gasteiger charge is -2.28. The lowest BCUT2D eigenvalue weighted by atomic mass is 10.1. The van der Waals surface area contributed by atoms with E-state index in [0.29, 0.717) is 19.6 Å². The molecule has 1 saturated heterocycles. The van der Waals surface area contributed by atoms with Crippen molar-refractivity contribution in [1.29, 1.82) is 0 Å². The van der Waals surface area contributed by atoms with Crippen LogP contribution >= 0.6 is 0 Å². The molecular weight excluding hydrogens is 242 g/mol. The minimum Gasteiger partial charge on any atom is -0.379 e. The highest BCUT2D eigenvalue weighted by Crippen LogP contribution is 2.11. The van der Waals surface area contributed by atoms with Gasteiger partial charge in [0, 0.05) is 13.5 Å². The first-order valence-corrected chi connectivity index (χ1v) is 7.66. The van der Waals surface area contributed by atoms with Crippen molar-refractivity contribution in [1.82, 2.24) is 5.32 Å². The van der Waals surface area contributed by atoms with Crippen LogP contribution in [0.1, 0.15) is 58.3 Å². The minimum atomic E-state index is 0.117. The summed E-state index contributed by atoms with van der Waals surface area (Å²) >= 11 is 0. The quantitative estimate of drug-likeness (QED) is 0.656. The number of hydrogen-bond acceptors (Lipinski definition) is 3. The van der Waals surface area contributed by atoms with Crippen LogP contribution in [0.25, 0.3) is 0 Å². The maximum atomic E-state index is 11.8. The molecule has 1 N–H and O–H groups in total. The third-order valence-electron chi connectivity index (χ3n) is 3.63. The van der Waals surface area contributed by atoms with E-state index in [-0.39, 0.29) is 18.1 Å². The Labute approximate surface area is 117 Å². The van der Waals surface area contributed by atoms with Crippen LogP contribution in [0.5, 0.6) is 0 Å². The van der Waals surface area contributed by atoms with Crippen molar-refractivity contribution in [2.75, 3.05) is 20.3 Å². The Morgan fingerprint density at radius 1 is 1.21 bits per heavy atom. The molecule has 0 unspecified atom stereocenters. The maximum absolute atomic E-state index is 11.8. The number of unbranched alkanes of at least 4 members (excludes halogenated alkanes) is 5. The zero-order valence-electron chi connectivity index (χ0n) is 12.5. The second-order valence-electron chi connectivity index (χ2n) is 5.41. The summed E-state index contributed by atoms with van der Waals surface area (Å²) in [6.07, 6.45) is 8.90. The van der Waals surface area contributed by atoms with E-state index in [1.54, 1.807) is 7.11 Å². The number of ether oxygens (including phenoxy) is 2. The van der Waals surface area contributed by atoms with Gasteiger partial charge in [0.1, 0.15) is 0 Å². The first kappa shape index (κ1) is 16.4. The molecule has 1 amide bonds. The topological polar surface area (TPSA) is 47.6 Å². The monoisotopic (exact) mass is 271 g/mol. The zero-order chi connectivity index (χ0) is 13.9. The number of amides is 1. The Bertz CT molecular complexity index is 246. The molecule has 0 radical (unpaired) electrons. The van der Waals surface area contributed by atoms with E-state index in [9.17, 15) is 4.79 Å². The van der Waals surface area contributed by atoms with Crippen LogP contribution in [0, 0.1) is 0 Å². The van der Waals surface area contributed by atoms with Crippen molar-refractivity contribution in [3.05, 3.63) is 0 Å². The number of carbonyl (C=O) groups is 1. The van der Waals surface area contributed by atoms with Gasteiger partial charge in [-0.15, -0.1) is 0 Å². The molecule has 19 heavy (non-hydrogen) atoms. The summed E-state index contributed by atoms with van der Waals surface area (Å²) in [6, 6.07) is 0.117. The van der Waals surface area contributed by atoms with Gasteiger partial charge in [0.2, 0.25) is 5.91 Å². The average molecular weight is 271 g/mol. The van der Waals surface area contributed by atoms with Crippen molar-refractivity contribution in [2.45, 2.75) is 70.4 Å². The summed E-state index contributed by atoms with van der Waals surface area (Å²) in [7, 11) is 1.69. The lowest BCUT2D eigenvalue weighted by molar-refractivity contribution is -0.124. The number of methoxy groups -OCH3 is 1. The van der Waals surface area contributed by atoms with Gasteiger partial charge < -0.3 is 14.8 Å². The van der Waals surface area contributed by atoms with E-state index in [2.05, 4.69) is 12.2 Å². The summed E-state index contributed by atoms with van der Waals surface area (Å²) in [5, 5.41) is 3.04. The van der Waals surface area contributed by atoms with Crippen LogP contribution in [0.3, 0.4) is 0 Å². The van der Waals surface area contributed by atoms with Crippen molar-refractivity contribution < 1.29 is 14.3 Å². The minimum absolute atomic E-state index is 0.117. The molecule has 4 nitrogen and oxygen atoms in total. The third kappa shape index (κ3) is 7.53. The molecular formula is C15H29NO3. The largest absolute Gasteiger partial charge is 0.379 e. The Balaban J connectivity index is 2.03. The van der Waals surface area contributed by atoms with Crippen LogP contribution in [0.15, 0.2) is 0 Å². The number of rotatable bonds is 9. The van der Waals surface area contributed by atoms with Crippen LogP contribution in [0.2, 0.25) is 0 Å². The molecule has 0 aromatic carbocycles. The van der Waals surface area contributed by atoms with Crippen molar-refractivity contribution in [3.63, 3.8) is 0 Å². The molecule has 0 bridgehead atoms. The Hall–Kier alpha value is -0.610. The van der Waals surface area contributed by atoms with Gasteiger partial charge in [0.25, 0.3) is 0 Å². The Morgan fingerprint density at radius 3 is 2.68 bits per heavy atom. The standard InChI is InChI=1S/C15H29NO3/c1-3-4-5-6-7-8-9-15(17)16-13-10-14(18-2)12-19-11-13/h13-14H,3-12H2,1-2H3,(H,16,17)/t13-,14+/m0/s1. The van der Waals surface area contributed by atoms with Crippen molar-refractivity contribution in [2.24, 2.45) is 0 Å². The summed E-state index contributed by atoms with van der Waals surface area (Å²) in [4.78, 5) is 11.8. The average Bonchev–Trinajstić information content (AvgIpc) is 2.43. The molecule has 1 rings (SSSR count). The zero-order valence-corrected chi connectivity index (χ0v) is 12.5. The van der Waals surface area contributed by atoms with Gasteiger partial charge in [-0.05, 0) is 12.8 Å². The Morgan fingerprint density at radius 2 is 1.95 bits per heavy atom. The molecule has 0 aromatic rings. The highest BCUT2D eigenvalue weighted by atomic mass is 16.5. The normalized spacial score (nSPS) is 23.3. The molecule has 112 valence electrons. The van der Waals surface area contributed by atoms with Crippen molar-refractivity contribution in [3.8, 4) is 0 Å². The Kier molecular flexibility index (Phi) is 8.84. The van der Waals surface area contributed by atoms with Crippen LogP contribution in [-0.2, 0) is 14.3 Å². The second kappa shape index (κ2) is 10.2. The van der Waals surface area contributed by atoms with Gasteiger partial charge in [-0.2, -0.15) is 0 Å². The fourth-order valence-corrected chi connectivity index (χ4v) is 2.43. The van der Waals surface area contributed by atoms with Gasteiger partial charge in [0.05, 0.1) is 25.4 Å². The fourth-order valence-electron chi connectivity index (χ4n) is 2.43. The van der Waals surface area contributed by atoms with Gasteiger partial charge in [-0.1, -0.05) is 39.0 Å². The van der Waals surface area contributed by atoms with Crippen molar-refractivity contribution >= 4 is 5.91 Å². The van der Waals surface area contributed by atoms with Gasteiger partial charge in [-0.25, -0.2) is 0 Å². The highest BCUT2D eigenvalue weighted by Gasteiger charge is 2.23. The van der Waals surface area contributed by atoms with Crippen LogP contribution < -0.4 is 5.32 Å². The van der Waals surface area contributed by atoms with Crippen LogP contribution in [-0.4, -0.2) is 38.4 Å². The lowest BCUT2D eigenvalue weighted by Crippen LogP contribution is -2.45. The maximum Gasteiger partial charge on any atom is 0.220 e. The van der Waals surface area contributed by atoms with Gasteiger partial charge in [-0.3, -0.25) is 4.79 Å². The number of nitrogens with one attached hydrogen (secondary N) is 1. The van der Waals surface area contributed by atoms with E-state index < -0.39 is 0 Å². The van der Waals surface area contributed by atoms with E-state index >= 15 is 0 Å². The van der Waals surface area contributed by atoms with Gasteiger partial charge >= 0.3 is 0 Å². The van der Waals surface area contributed by atoms with E-state index in [4.69, 9.17) is 9.47 Å². The second-order valence-corrected chi connectivity index (χ2v) is 5.41. The summed E-state index contributed by atoms with van der Waals surface area (Å²) in [6.45, 7) is 3.47. The molecule has 0 saturated carbocycles. The highest BCUT2D eigenvalue weighted by molar-refractivity contribution is 5.76. The summed E-state index contributed by atoms with van der Waals surface area (Å²) in [5.41, 5.74) is 0. The van der Waals surface area contributed by atoms with E-state index in [1.807, 2.05) is 0 Å². The molecule has 0 spiro atoms. The molecule has 0 aliphatic carbocycles. The van der Waals surface area contributed by atoms with E-state index in [1.165, 1.54) is 25.7 Å². The first-order valence-electron chi connectivity index (χ1n) is 7.66. The number of hydrogen-bond donors (Lipinski definition) is 1. The molecule has 0 aromatic heterocycles. The predicted octanol–water partition coefficient (Wildman–Crippen LogP) is 2.66. The molecule has 1 aliphatic heterocycles. The predicted molar refractivity (Wildman–Crippen MR) is 76.2 cm³/mol. The molecule has 1 fully saturated rings. The van der Waals surface area contributed by atoms with Gasteiger partial charge in [0.15, 0.2) is 0 Å². The summed E-state index contributed by atoms with van der Waals surface area (Å²) in [5.74, 6) is 0.154. The van der Waals surface area contributed by atoms with E-state index in [0.717, 1.165) is 19.3 Å². The summed E-state index contributed by atoms with van der Waals surface area (Å²) < 4.78 is 10.7. The number of carbonyl (C=O) groups excluding carboxylic acids is 1. The third-order valence-corrected chi connectivity index (χ3v) is 3.63. The molecule has 1 heterocycles. The molecule has 1 aliphatic rings. The SMILES string of the molecule is CCCCCCCCC(=O)N[C@@H]1COC[C@H](OC)C1. The smallest absolute Gasteiger partial charge is 0.220 e. The van der Waals surface area contributed by atoms with Crippen LogP contribution in [0.4, 0.5) is 0 Å².